The Balaban J connectivity index is 1.79. The van der Waals surface area contributed by atoms with Crippen molar-refractivity contribution in [3.8, 4) is 11.1 Å². The molecule has 0 fully saturated rings. The highest BCUT2D eigenvalue weighted by molar-refractivity contribution is 5.96. The van der Waals surface area contributed by atoms with Gasteiger partial charge in [-0.3, -0.25) is 4.98 Å². The van der Waals surface area contributed by atoms with E-state index in [1.807, 2.05) is 42.5 Å². The maximum absolute atomic E-state index is 13.4. The summed E-state index contributed by atoms with van der Waals surface area (Å²) in [4.78, 5) is 5.90. The van der Waals surface area contributed by atoms with Crippen molar-refractivity contribution in [3.63, 3.8) is 0 Å². The predicted octanol–water partition coefficient (Wildman–Crippen LogP) is 6.87. The second-order valence-corrected chi connectivity index (χ2v) is 7.05. The summed E-state index contributed by atoms with van der Waals surface area (Å²) >= 11 is 0. The molecule has 3 aromatic rings. The van der Waals surface area contributed by atoms with Gasteiger partial charge in [0.25, 0.3) is 0 Å². The van der Waals surface area contributed by atoms with E-state index in [1.54, 1.807) is 35.6 Å². The van der Waals surface area contributed by atoms with Crippen LogP contribution in [0.5, 0.6) is 0 Å². The summed E-state index contributed by atoms with van der Waals surface area (Å²) in [6.45, 7) is 4.96. The minimum Gasteiger partial charge on any atom is -0.320 e. The van der Waals surface area contributed by atoms with E-state index in [9.17, 15) is 13.2 Å². The first-order chi connectivity index (χ1) is 13.8. The Morgan fingerprint density at radius 3 is 2.62 bits per heavy atom. The van der Waals surface area contributed by atoms with Crippen LogP contribution in [-0.4, -0.2) is 11.2 Å². The molecule has 1 aliphatic heterocycles. The van der Waals surface area contributed by atoms with Crippen molar-refractivity contribution in [1.29, 1.82) is 0 Å². The minimum absolute atomic E-state index is 0.151. The topological polar surface area (TPSA) is 16.1 Å². The lowest BCUT2D eigenvalue weighted by Crippen LogP contribution is -2.31. The molecule has 0 bridgehead atoms. The normalized spacial score (nSPS) is 15.5. The van der Waals surface area contributed by atoms with Gasteiger partial charge in [-0.1, -0.05) is 43.0 Å². The monoisotopic (exact) mass is 392 g/mol. The third kappa shape index (κ3) is 3.68. The third-order valence-electron chi connectivity index (χ3n) is 5.09. The van der Waals surface area contributed by atoms with E-state index in [-0.39, 0.29) is 5.70 Å². The number of benzene rings is 2. The van der Waals surface area contributed by atoms with Gasteiger partial charge >= 0.3 is 6.18 Å². The molecular formula is C24H19F3N2. The number of halogens is 3. The van der Waals surface area contributed by atoms with E-state index in [4.69, 9.17) is 0 Å². The van der Waals surface area contributed by atoms with Crippen LogP contribution >= 0.6 is 0 Å². The zero-order valence-electron chi connectivity index (χ0n) is 15.8. The average Bonchev–Trinajstić information content (AvgIpc) is 2.72. The van der Waals surface area contributed by atoms with Crippen molar-refractivity contribution in [2.24, 2.45) is 5.92 Å². The standard InChI is InChI=1S/C24H19F3N2/c1-16-10-11-29(23(12-16)17(2)24(25,26)27)20-8-5-7-18(13-20)22-15-28-14-19-6-3-4-9-21(19)22/h3-15,17H,1H2,2H3. The largest absolute Gasteiger partial charge is 0.396 e. The number of pyridine rings is 1. The van der Waals surface area contributed by atoms with E-state index >= 15 is 0 Å². The Hall–Kier alpha value is -3.34. The Kier molecular flexibility index (Phi) is 4.74. The van der Waals surface area contributed by atoms with Gasteiger partial charge in [-0.25, -0.2) is 0 Å². The number of alkyl halides is 3. The van der Waals surface area contributed by atoms with E-state index in [1.165, 1.54) is 13.0 Å². The molecule has 0 saturated heterocycles. The first-order valence-corrected chi connectivity index (χ1v) is 9.22. The summed E-state index contributed by atoms with van der Waals surface area (Å²) in [5.41, 5.74) is 3.18. The Morgan fingerprint density at radius 1 is 1.03 bits per heavy atom. The van der Waals surface area contributed by atoms with Gasteiger partial charge in [-0.05, 0) is 47.7 Å². The van der Waals surface area contributed by atoms with Crippen molar-refractivity contribution in [1.82, 2.24) is 4.98 Å². The summed E-state index contributed by atoms with van der Waals surface area (Å²) in [5.74, 6) is -1.62. The summed E-state index contributed by atoms with van der Waals surface area (Å²) in [6, 6.07) is 15.4. The summed E-state index contributed by atoms with van der Waals surface area (Å²) in [7, 11) is 0. The van der Waals surface area contributed by atoms with E-state index in [0.717, 1.165) is 21.9 Å². The fourth-order valence-electron chi connectivity index (χ4n) is 3.47. The molecule has 1 atom stereocenters. The van der Waals surface area contributed by atoms with Crippen molar-refractivity contribution >= 4 is 16.5 Å². The van der Waals surface area contributed by atoms with Crippen LogP contribution in [0.15, 0.2) is 97.1 Å². The summed E-state index contributed by atoms with van der Waals surface area (Å²) in [6.07, 6.45) is 4.08. The molecule has 2 nitrogen and oxygen atoms in total. The number of hydrogen-bond donors (Lipinski definition) is 0. The number of aromatic nitrogens is 1. The zero-order valence-corrected chi connectivity index (χ0v) is 15.8. The first kappa shape index (κ1) is 19.0. The third-order valence-corrected chi connectivity index (χ3v) is 5.09. The maximum atomic E-state index is 13.4. The smallest absolute Gasteiger partial charge is 0.320 e. The van der Waals surface area contributed by atoms with Crippen molar-refractivity contribution in [2.75, 3.05) is 4.90 Å². The van der Waals surface area contributed by atoms with Crippen LogP contribution in [0.1, 0.15) is 6.92 Å². The molecule has 5 heteroatoms. The Bertz CT molecular complexity index is 1140. The van der Waals surface area contributed by atoms with Gasteiger partial charge in [0.2, 0.25) is 0 Å². The van der Waals surface area contributed by atoms with Crippen LogP contribution in [0.3, 0.4) is 0 Å². The summed E-state index contributed by atoms with van der Waals surface area (Å²) < 4.78 is 40.3. The SMILES string of the molecule is C=C1C=CN(c2cccc(-c3cncc4ccccc34)c2)C(C(C)C(F)(F)F)=C1. The second-order valence-electron chi connectivity index (χ2n) is 7.05. The molecule has 1 aromatic heterocycles. The van der Waals surface area contributed by atoms with Gasteiger partial charge in [0.1, 0.15) is 0 Å². The second kappa shape index (κ2) is 7.24. The van der Waals surface area contributed by atoms with Gasteiger partial charge in [0.15, 0.2) is 0 Å². The zero-order chi connectivity index (χ0) is 20.6. The van der Waals surface area contributed by atoms with Gasteiger partial charge in [-0.15, -0.1) is 0 Å². The van der Waals surface area contributed by atoms with E-state index < -0.39 is 12.1 Å². The number of allylic oxidation sites excluding steroid dienone is 4. The molecule has 2 aromatic carbocycles. The quantitative estimate of drug-likeness (QED) is 0.483. The average molecular weight is 392 g/mol. The molecule has 0 amide bonds. The van der Waals surface area contributed by atoms with Gasteiger partial charge in [0, 0.05) is 40.9 Å². The Labute approximate surface area is 167 Å². The van der Waals surface area contributed by atoms with Crippen molar-refractivity contribution in [2.45, 2.75) is 13.1 Å². The van der Waals surface area contributed by atoms with Crippen LogP contribution in [0, 0.1) is 5.92 Å². The molecule has 0 N–H and O–H groups in total. The molecule has 1 unspecified atom stereocenters. The lowest BCUT2D eigenvalue weighted by atomic mass is 9.98. The van der Waals surface area contributed by atoms with Gasteiger partial charge in [-0.2, -0.15) is 13.2 Å². The van der Waals surface area contributed by atoms with Crippen LogP contribution in [0.2, 0.25) is 0 Å². The molecule has 4 rings (SSSR count). The first-order valence-electron chi connectivity index (χ1n) is 9.22. The fraction of sp³-hybridized carbons (Fsp3) is 0.125. The van der Waals surface area contributed by atoms with Crippen molar-refractivity contribution in [3.05, 3.63) is 97.1 Å². The molecular weight excluding hydrogens is 373 g/mol. The number of fused-ring (bicyclic) bond motifs is 1. The molecule has 1 aliphatic rings. The highest BCUT2D eigenvalue weighted by atomic mass is 19.4. The molecule has 0 saturated carbocycles. The molecule has 0 radical (unpaired) electrons. The maximum Gasteiger partial charge on any atom is 0.396 e. The number of rotatable bonds is 3. The predicted molar refractivity (Wildman–Crippen MR) is 111 cm³/mol. The van der Waals surface area contributed by atoms with Crippen LogP contribution in [0.25, 0.3) is 21.9 Å². The lowest BCUT2D eigenvalue weighted by Gasteiger charge is -2.32. The van der Waals surface area contributed by atoms with Crippen LogP contribution in [0.4, 0.5) is 18.9 Å². The van der Waals surface area contributed by atoms with Crippen molar-refractivity contribution < 1.29 is 13.2 Å². The number of anilines is 1. The highest BCUT2D eigenvalue weighted by Crippen LogP contribution is 2.39. The Morgan fingerprint density at radius 2 is 1.83 bits per heavy atom. The highest BCUT2D eigenvalue weighted by Gasteiger charge is 2.40. The fourth-order valence-corrected chi connectivity index (χ4v) is 3.47. The molecule has 0 spiro atoms. The van der Waals surface area contributed by atoms with E-state index in [2.05, 4.69) is 11.6 Å². The number of nitrogens with zero attached hydrogens (tertiary/aromatic N) is 2. The lowest BCUT2D eigenvalue weighted by molar-refractivity contribution is -0.159. The van der Waals surface area contributed by atoms with Crippen LogP contribution in [-0.2, 0) is 0 Å². The van der Waals surface area contributed by atoms with Gasteiger partial charge in [0.05, 0.1) is 5.92 Å². The molecule has 0 aliphatic carbocycles. The minimum atomic E-state index is -4.34. The van der Waals surface area contributed by atoms with E-state index in [0.29, 0.717) is 11.3 Å². The molecule has 29 heavy (non-hydrogen) atoms. The molecule has 2 heterocycles. The number of hydrogen-bond acceptors (Lipinski definition) is 2. The summed E-state index contributed by atoms with van der Waals surface area (Å²) in [5, 5.41) is 2.05. The van der Waals surface area contributed by atoms with Crippen LogP contribution < -0.4 is 4.90 Å². The molecule has 146 valence electrons. The van der Waals surface area contributed by atoms with Gasteiger partial charge < -0.3 is 4.90 Å².